The fourth-order valence-electron chi connectivity index (χ4n) is 4.58. The summed E-state index contributed by atoms with van der Waals surface area (Å²) < 4.78 is 5.14. The molecule has 1 amide bonds. The molecular weight excluding hydrogens is 362 g/mol. The van der Waals surface area contributed by atoms with E-state index < -0.39 is 0 Å². The number of methoxy groups -OCH3 is 1. The summed E-state index contributed by atoms with van der Waals surface area (Å²) in [5.41, 5.74) is 3.75. The van der Waals surface area contributed by atoms with Gasteiger partial charge in [0, 0.05) is 50.9 Å². The molecule has 2 aromatic rings. The van der Waals surface area contributed by atoms with E-state index in [4.69, 9.17) is 4.74 Å². The largest absolute Gasteiger partial charge is 0.497 e. The average molecular weight is 394 g/mol. The van der Waals surface area contributed by atoms with Crippen molar-refractivity contribution in [3.8, 4) is 5.75 Å². The number of aryl methyl sites for hydroxylation is 1. The van der Waals surface area contributed by atoms with Crippen molar-refractivity contribution < 1.29 is 9.53 Å². The molecule has 1 aliphatic heterocycles. The highest BCUT2D eigenvalue weighted by Crippen LogP contribution is 2.34. The van der Waals surface area contributed by atoms with Crippen molar-refractivity contribution >= 4 is 5.91 Å². The van der Waals surface area contributed by atoms with Gasteiger partial charge >= 0.3 is 0 Å². The molecule has 5 nitrogen and oxygen atoms in total. The topological polar surface area (TPSA) is 44.8 Å². The number of piperazine rings is 1. The molecule has 5 heteroatoms. The Morgan fingerprint density at radius 3 is 2.59 bits per heavy atom. The smallest absolute Gasteiger partial charge is 0.251 e. The summed E-state index contributed by atoms with van der Waals surface area (Å²) in [5, 5.41) is 3.04. The first-order valence-corrected chi connectivity index (χ1v) is 10.7. The van der Waals surface area contributed by atoms with Crippen LogP contribution in [0.4, 0.5) is 0 Å². The highest BCUT2D eigenvalue weighted by molar-refractivity contribution is 5.94. The number of carbonyl (C=O) groups excluding carboxylic acids is 1. The standard InChI is InChI=1S/C24H31N3O2/c1-29-21-11-9-20(10-12-21)24(28)25-13-14-26-15-17-27(18-16-26)23-8-4-6-19-5-2-3-7-22(19)23/h2-3,5,7,9-12,23H,4,6,8,13-18H2,1H3,(H,25,28). The van der Waals surface area contributed by atoms with Crippen LogP contribution in [-0.2, 0) is 6.42 Å². The van der Waals surface area contributed by atoms with Gasteiger partial charge in [-0.05, 0) is 54.7 Å². The van der Waals surface area contributed by atoms with Gasteiger partial charge in [-0.3, -0.25) is 14.6 Å². The van der Waals surface area contributed by atoms with Crippen LogP contribution in [0.15, 0.2) is 48.5 Å². The maximum atomic E-state index is 12.3. The third kappa shape index (κ3) is 4.80. The van der Waals surface area contributed by atoms with Crippen LogP contribution in [0.1, 0.15) is 40.4 Å². The monoisotopic (exact) mass is 393 g/mol. The minimum absolute atomic E-state index is 0.0231. The molecule has 0 saturated carbocycles. The van der Waals surface area contributed by atoms with Crippen molar-refractivity contribution in [3.63, 3.8) is 0 Å². The van der Waals surface area contributed by atoms with E-state index in [0.717, 1.165) is 38.5 Å². The van der Waals surface area contributed by atoms with E-state index in [1.165, 1.54) is 24.8 Å². The van der Waals surface area contributed by atoms with Crippen LogP contribution in [0.25, 0.3) is 0 Å². The molecule has 1 aliphatic carbocycles. The molecule has 1 atom stereocenters. The van der Waals surface area contributed by atoms with Gasteiger partial charge in [-0.2, -0.15) is 0 Å². The van der Waals surface area contributed by atoms with E-state index in [9.17, 15) is 4.79 Å². The number of amides is 1. The number of hydrogen-bond donors (Lipinski definition) is 1. The first-order chi connectivity index (χ1) is 14.2. The fraction of sp³-hybridized carbons (Fsp3) is 0.458. The molecule has 2 aromatic carbocycles. The molecule has 1 N–H and O–H groups in total. The summed E-state index contributed by atoms with van der Waals surface area (Å²) in [6.45, 7) is 5.92. The van der Waals surface area contributed by atoms with Crippen LogP contribution in [0, 0.1) is 0 Å². The van der Waals surface area contributed by atoms with Gasteiger partial charge in [0.25, 0.3) is 5.91 Å². The van der Waals surface area contributed by atoms with Crippen molar-refractivity contribution in [3.05, 3.63) is 65.2 Å². The fourth-order valence-corrected chi connectivity index (χ4v) is 4.58. The first-order valence-electron chi connectivity index (χ1n) is 10.7. The molecule has 154 valence electrons. The number of hydrogen-bond acceptors (Lipinski definition) is 4. The van der Waals surface area contributed by atoms with Gasteiger partial charge < -0.3 is 10.1 Å². The molecule has 1 unspecified atom stereocenters. The van der Waals surface area contributed by atoms with Gasteiger partial charge in [-0.25, -0.2) is 0 Å². The van der Waals surface area contributed by atoms with Crippen LogP contribution < -0.4 is 10.1 Å². The SMILES string of the molecule is COc1ccc(C(=O)NCCN2CCN(C3CCCc4ccccc43)CC2)cc1. The van der Waals surface area contributed by atoms with Gasteiger partial charge in [0.2, 0.25) is 0 Å². The molecular formula is C24H31N3O2. The summed E-state index contributed by atoms with van der Waals surface area (Å²) in [7, 11) is 1.63. The summed E-state index contributed by atoms with van der Waals surface area (Å²) in [5.74, 6) is 0.741. The van der Waals surface area contributed by atoms with E-state index in [2.05, 4.69) is 39.4 Å². The second-order valence-corrected chi connectivity index (χ2v) is 7.97. The lowest BCUT2D eigenvalue weighted by Crippen LogP contribution is -2.49. The van der Waals surface area contributed by atoms with Gasteiger partial charge in [-0.15, -0.1) is 0 Å². The first kappa shape index (κ1) is 19.9. The van der Waals surface area contributed by atoms with Crippen LogP contribution in [0.3, 0.4) is 0 Å². The number of ether oxygens (including phenoxy) is 1. The average Bonchev–Trinajstić information content (AvgIpc) is 2.79. The highest BCUT2D eigenvalue weighted by Gasteiger charge is 2.28. The number of benzene rings is 2. The van der Waals surface area contributed by atoms with Crippen molar-refractivity contribution in [2.45, 2.75) is 25.3 Å². The zero-order chi connectivity index (χ0) is 20.1. The zero-order valence-electron chi connectivity index (χ0n) is 17.3. The Morgan fingerprint density at radius 2 is 1.83 bits per heavy atom. The lowest BCUT2D eigenvalue weighted by molar-refractivity contribution is 0.0847. The Morgan fingerprint density at radius 1 is 1.07 bits per heavy atom. The molecule has 0 aromatic heterocycles. The number of nitrogens with zero attached hydrogens (tertiary/aromatic N) is 2. The number of nitrogens with one attached hydrogen (secondary N) is 1. The molecule has 0 radical (unpaired) electrons. The maximum Gasteiger partial charge on any atom is 0.251 e. The zero-order valence-corrected chi connectivity index (χ0v) is 17.3. The Hall–Kier alpha value is -2.37. The second kappa shape index (κ2) is 9.42. The molecule has 1 fully saturated rings. The van der Waals surface area contributed by atoms with Crippen LogP contribution in [-0.4, -0.2) is 62.1 Å². The number of carbonyl (C=O) groups is 1. The number of rotatable bonds is 6. The predicted octanol–water partition coefficient (Wildman–Crippen LogP) is 3.12. The third-order valence-corrected chi connectivity index (χ3v) is 6.25. The second-order valence-electron chi connectivity index (χ2n) is 7.97. The van der Waals surface area contributed by atoms with Crippen LogP contribution >= 0.6 is 0 Å². The summed E-state index contributed by atoms with van der Waals surface area (Å²) >= 11 is 0. The lowest BCUT2D eigenvalue weighted by Gasteiger charge is -2.41. The van der Waals surface area contributed by atoms with E-state index in [0.29, 0.717) is 18.2 Å². The van der Waals surface area contributed by atoms with Crippen LogP contribution in [0.5, 0.6) is 5.75 Å². The van der Waals surface area contributed by atoms with Crippen molar-refractivity contribution in [1.29, 1.82) is 0 Å². The Balaban J connectivity index is 1.22. The van der Waals surface area contributed by atoms with Gasteiger partial charge in [0.1, 0.15) is 5.75 Å². The van der Waals surface area contributed by atoms with Gasteiger partial charge in [0.05, 0.1) is 7.11 Å². The third-order valence-electron chi connectivity index (χ3n) is 6.25. The molecule has 1 heterocycles. The summed E-state index contributed by atoms with van der Waals surface area (Å²) in [6.07, 6.45) is 3.79. The van der Waals surface area contributed by atoms with E-state index in [1.807, 2.05) is 12.1 Å². The van der Waals surface area contributed by atoms with E-state index >= 15 is 0 Å². The predicted molar refractivity (Wildman–Crippen MR) is 115 cm³/mol. The highest BCUT2D eigenvalue weighted by atomic mass is 16.5. The minimum Gasteiger partial charge on any atom is -0.497 e. The lowest BCUT2D eigenvalue weighted by atomic mass is 9.86. The molecule has 4 rings (SSSR count). The Kier molecular flexibility index (Phi) is 6.47. The molecule has 1 saturated heterocycles. The van der Waals surface area contributed by atoms with E-state index in [-0.39, 0.29) is 5.91 Å². The maximum absolute atomic E-state index is 12.3. The van der Waals surface area contributed by atoms with Crippen LogP contribution in [0.2, 0.25) is 0 Å². The summed E-state index contributed by atoms with van der Waals surface area (Å²) in [6, 6.07) is 16.8. The van der Waals surface area contributed by atoms with Gasteiger partial charge in [-0.1, -0.05) is 24.3 Å². The van der Waals surface area contributed by atoms with Crippen molar-refractivity contribution in [2.75, 3.05) is 46.4 Å². The molecule has 29 heavy (non-hydrogen) atoms. The van der Waals surface area contributed by atoms with Crippen molar-refractivity contribution in [1.82, 2.24) is 15.1 Å². The van der Waals surface area contributed by atoms with Gasteiger partial charge in [0.15, 0.2) is 0 Å². The Bertz CT molecular complexity index is 813. The molecule has 0 spiro atoms. The molecule has 0 bridgehead atoms. The summed E-state index contributed by atoms with van der Waals surface area (Å²) in [4.78, 5) is 17.4. The Labute approximate surface area is 173 Å². The number of fused-ring (bicyclic) bond motifs is 1. The van der Waals surface area contributed by atoms with E-state index in [1.54, 1.807) is 24.8 Å². The van der Waals surface area contributed by atoms with Crippen molar-refractivity contribution in [2.24, 2.45) is 0 Å². The molecule has 2 aliphatic rings. The normalized spacial score (nSPS) is 20.1. The quantitative estimate of drug-likeness (QED) is 0.819. The minimum atomic E-state index is -0.0231.